The van der Waals surface area contributed by atoms with E-state index in [1.165, 1.54) is 19.2 Å². The Labute approximate surface area is 138 Å². The predicted octanol–water partition coefficient (Wildman–Crippen LogP) is 2.39. The van der Waals surface area contributed by atoms with Crippen LogP contribution in [0, 0.1) is 0 Å². The first-order chi connectivity index (χ1) is 11.3. The van der Waals surface area contributed by atoms with Crippen LogP contribution >= 0.6 is 0 Å². The molecule has 1 aliphatic carbocycles. The standard InChI is InChI=1S/C16H20F3N3O2/c1-20-15(24)22-14(23)9-21-13-8-4-6-11(13)10-5-2-3-7-12(10)16(17,18)19/h2-3,5,7,11,13,21H,4,6,8-9H2,1H3,(H2,20,22,23,24)/t11-,13-/m0/s1. The normalized spacial score (nSPS) is 20.7. The smallest absolute Gasteiger partial charge is 0.341 e. The Morgan fingerprint density at radius 3 is 2.58 bits per heavy atom. The zero-order valence-corrected chi connectivity index (χ0v) is 13.2. The lowest BCUT2D eigenvalue weighted by molar-refractivity contribution is -0.138. The minimum absolute atomic E-state index is 0.122. The lowest BCUT2D eigenvalue weighted by Crippen LogP contribution is -2.45. The van der Waals surface area contributed by atoms with E-state index >= 15 is 0 Å². The molecule has 0 heterocycles. The lowest BCUT2D eigenvalue weighted by Gasteiger charge is -2.24. The van der Waals surface area contributed by atoms with Crippen molar-refractivity contribution in [3.63, 3.8) is 0 Å². The molecule has 1 aromatic carbocycles. The van der Waals surface area contributed by atoms with Gasteiger partial charge in [-0.05, 0) is 30.4 Å². The molecule has 1 aliphatic rings. The molecule has 1 saturated carbocycles. The number of halogens is 3. The highest BCUT2D eigenvalue weighted by atomic mass is 19.4. The Balaban J connectivity index is 2.06. The van der Waals surface area contributed by atoms with Gasteiger partial charge in [-0.25, -0.2) is 4.79 Å². The van der Waals surface area contributed by atoms with Gasteiger partial charge in [0.1, 0.15) is 0 Å². The first-order valence-electron chi connectivity index (χ1n) is 7.74. The monoisotopic (exact) mass is 343 g/mol. The fourth-order valence-corrected chi connectivity index (χ4v) is 3.11. The molecule has 2 atom stereocenters. The summed E-state index contributed by atoms with van der Waals surface area (Å²) >= 11 is 0. The molecule has 0 unspecified atom stereocenters. The number of alkyl halides is 3. The van der Waals surface area contributed by atoms with Gasteiger partial charge in [0, 0.05) is 13.1 Å². The summed E-state index contributed by atoms with van der Waals surface area (Å²) in [4.78, 5) is 22.7. The molecule has 0 spiro atoms. The third kappa shape index (κ3) is 4.47. The summed E-state index contributed by atoms with van der Waals surface area (Å²) in [7, 11) is 1.39. The molecule has 8 heteroatoms. The molecule has 3 N–H and O–H groups in total. The summed E-state index contributed by atoms with van der Waals surface area (Å²) in [6, 6.07) is 4.70. The molecule has 24 heavy (non-hydrogen) atoms. The first kappa shape index (κ1) is 18.3. The molecule has 0 aromatic heterocycles. The highest BCUT2D eigenvalue weighted by molar-refractivity contribution is 5.95. The van der Waals surface area contributed by atoms with Crippen LogP contribution < -0.4 is 16.0 Å². The molecule has 3 amide bonds. The van der Waals surface area contributed by atoms with E-state index in [1.807, 2.05) is 0 Å². The molecule has 132 valence electrons. The minimum atomic E-state index is -4.40. The summed E-state index contributed by atoms with van der Waals surface area (Å²) in [5, 5.41) is 7.35. The highest BCUT2D eigenvalue weighted by Crippen LogP contribution is 2.41. The number of hydrogen-bond donors (Lipinski definition) is 3. The van der Waals surface area contributed by atoms with E-state index in [4.69, 9.17) is 0 Å². The van der Waals surface area contributed by atoms with Crippen molar-refractivity contribution in [1.82, 2.24) is 16.0 Å². The van der Waals surface area contributed by atoms with Crippen molar-refractivity contribution in [1.29, 1.82) is 0 Å². The summed E-state index contributed by atoms with van der Waals surface area (Å²) in [6.07, 6.45) is -2.31. The van der Waals surface area contributed by atoms with Crippen molar-refractivity contribution in [2.45, 2.75) is 37.4 Å². The van der Waals surface area contributed by atoms with Crippen LogP contribution in [0.25, 0.3) is 0 Å². The summed E-state index contributed by atoms with van der Waals surface area (Å²) in [5.74, 6) is -0.834. The van der Waals surface area contributed by atoms with Crippen LogP contribution in [0.4, 0.5) is 18.0 Å². The van der Waals surface area contributed by atoms with E-state index in [-0.39, 0.29) is 24.1 Å². The molecule has 0 saturated heterocycles. The number of amides is 3. The Bertz CT molecular complexity index is 604. The Morgan fingerprint density at radius 2 is 1.92 bits per heavy atom. The van der Waals surface area contributed by atoms with Gasteiger partial charge in [0.2, 0.25) is 5.91 Å². The molecular formula is C16H20F3N3O2. The number of carbonyl (C=O) groups excluding carboxylic acids is 2. The van der Waals surface area contributed by atoms with Crippen molar-refractivity contribution in [2.75, 3.05) is 13.6 Å². The van der Waals surface area contributed by atoms with Crippen LogP contribution in [-0.2, 0) is 11.0 Å². The Morgan fingerprint density at radius 1 is 1.21 bits per heavy atom. The van der Waals surface area contributed by atoms with Crippen LogP contribution in [0.1, 0.15) is 36.3 Å². The number of nitrogens with one attached hydrogen (secondary N) is 3. The number of hydrogen-bond acceptors (Lipinski definition) is 3. The highest BCUT2D eigenvalue weighted by Gasteiger charge is 2.38. The van der Waals surface area contributed by atoms with E-state index in [2.05, 4.69) is 16.0 Å². The SMILES string of the molecule is CNC(=O)NC(=O)CN[C@H]1CCC[C@H]1c1ccccc1C(F)(F)F. The van der Waals surface area contributed by atoms with Gasteiger partial charge < -0.3 is 10.6 Å². The lowest BCUT2D eigenvalue weighted by atomic mass is 9.90. The second-order valence-electron chi connectivity index (χ2n) is 5.74. The molecule has 1 aromatic rings. The van der Waals surface area contributed by atoms with E-state index in [1.54, 1.807) is 6.07 Å². The summed E-state index contributed by atoms with van der Waals surface area (Å²) in [5.41, 5.74) is -0.370. The molecule has 0 radical (unpaired) electrons. The van der Waals surface area contributed by atoms with Crippen molar-refractivity contribution in [2.24, 2.45) is 0 Å². The van der Waals surface area contributed by atoms with Gasteiger partial charge in [-0.3, -0.25) is 10.1 Å². The van der Waals surface area contributed by atoms with Gasteiger partial charge in [0.15, 0.2) is 0 Å². The van der Waals surface area contributed by atoms with Gasteiger partial charge in [-0.15, -0.1) is 0 Å². The van der Waals surface area contributed by atoms with Crippen LogP contribution in [-0.4, -0.2) is 31.6 Å². The topological polar surface area (TPSA) is 70.2 Å². The van der Waals surface area contributed by atoms with Gasteiger partial charge in [-0.2, -0.15) is 13.2 Å². The third-order valence-corrected chi connectivity index (χ3v) is 4.19. The first-order valence-corrected chi connectivity index (χ1v) is 7.74. The van der Waals surface area contributed by atoms with Gasteiger partial charge in [-0.1, -0.05) is 24.6 Å². The number of urea groups is 1. The van der Waals surface area contributed by atoms with Crippen LogP contribution in [0.15, 0.2) is 24.3 Å². The van der Waals surface area contributed by atoms with E-state index in [0.29, 0.717) is 12.8 Å². The quantitative estimate of drug-likeness (QED) is 0.786. The van der Waals surface area contributed by atoms with Crippen LogP contribution in [0.3, 0.4) is 0 Å². The Kier molecular flexibility index (Phi) is 5.82. The van der Waals surface area contributed by atoms with Gasteiger partial charge in [0.25, 0.3) is 0 Å². The molecular weight excluding hydrogens is 323 g/mol. The average Bonchev–Trinajstić information content (AvgIpc) is 3.00. The molecule has 0 bridgehead atoms. The number of benzene rings is 1. The largest absolute Gasteiger partial charge is 0.416 e. The van der Waals surface area contributed by atoms with Gasteiger partial charge >= 0.3 is 12.2 Å². The predicted molar refractivity (Wildman–Crippen MR) is 82.4 cm³/mol. The van der Waals surface area contributed by atoms with Crippen molar-refractivity contribution in [3.05, 3.63) is 35.4 Å². The maximum Gasteiger partial charge on any atom is 0.416 e. The number of imide groups is 1. The fourth-order valence-electron chi connectivity index (χ4n) is 3.11. The zero-order valence-electron chi connectivity index (χ0n) is 13.2. The van der Waals surface area contributed by atoms with Gasteiger partial charge in [0.05, 0.1) is 12.1 Å². The number of carbonyl (C=O) groups is 2. The van der Waals surface area contributed by atoms with Crippen LogP contribution in [0.2, 0.25) is 0 Å². The van der Waals surface area contributed by atoms with E-state index in [9.17, 15) is 22.8 Å². The second-order valence-corrected chi connectivity index (χ2v) is 5.74. The Hall–Kier alpha value is -2.09. The van der Waals surface area contributed by atoms with Crippen molar-refractivity contribution in [3.8, 4) is 0 Å². The minimum Gasteiger partial charge on any atom is -0.341 e. The summed E-state index contributed by atoms with van der Waals surface area (Å²) < 4.78 is 39.6. The molecule has 1 fully saturated rings. The zero-order chi connectivity index (χ0) is 17.7. The van der Waals surface area contributed by atoms with E-state index < -0.39 is 23.7 Å². The third-order valence-electron chi connectivity index (χ3n) is 4.19. The average molecular weight is 343 g/mol. The molecule has 5 nitrogen and oxygen atoms in total. The molecule has 2 rings (SSSR count). The molecule has 0 aliphatic heterocycles. The second kappa shape index (κ2) is 7.65. The summed E-state index contributed by atoms with van der Waals surface area (Å²) in [6.45, 7) is -0.122. The van der Waals surface area contributed by atoms with Crippen molar-refractivity contribution < 1.29 is 22.8 Å². The number of rotatable bonds is 4. The maximum absolute atomic E-state index is 13.2. The van der Waals surface area contributed by atoms with E-state index in [0.717, 1.165) is 12.5 Å². The van der Waals surface area contributed by atoms with Crippen molar-refractivity contribution >= 4 is 11.9 Å². The fraction of sp³-hybridized carbons (Fsp3) is 0.500. The van der Waals surface area contributed by atoms with Crippen LogP contribution in [0.5, 0.6) is 0 Å². The maximum atomic E-state index is 13.2.